The Morgan fingerprint density at radius 2 is 2.07 bits per heavy atom. The van der Waals surface area contributed by atoms with E-state index < -0.39 is 0 Å². The quantitative estimate of drug-likeness (QED) is 0.274. The first-order chi connectivity index (χ1) is 13.5. The molecule has 0 bridgehead atoms. The predicted molar refractivity (Wildman–Crippen MR) is 122 cm³/mol. The Bertz CT molecular complexity index is 974. The van der Waals surface area contributed by atoms with Gasteiger partial charge in [-0.2, -0.15) is 5.10 Å². The van der Waals surface area contributed by atoms with Crippen LogP contribution >= 0.6 is 34.4 Å². The lowest BCUT2D eigenvalue weighted by Gasteiger charge is -2.11. The van der Waals surface area contributed by atoms with Gasteiger partial charge in [0.2, 0.25) is 0 Å². The number of nitrogens with one attached hydrogen (secondary N) is 2. The number of rotatable bonds is 8. The molecule has 2 heterocycles. The van der Waals surface area contributed by atoms with E-state index in [0.29, 0.717) is 29.7 Å². The molecule has 0 saturated carbocycles. The number of aromatic nitrogens is 4. The maximum atomic E-state index is 12.4. The van der Waals surface area contributed by atoms with Crippen LogP contribution in [0.5, 0.6) is 0 Å². The minimum atomic E-state index is -0.0832. The average molecular weight is 510 g/mol. The van der Waals surface area contributed by atoms with Crippen LogP contribution in [-0.4, -0.2) is 45.0 Å². The number of benzene rings is 1. The van der Waals surface area contributed by atoms with Crippen molar-refractivity contribution in [3.63, 3.8) is 0 Å². The minimum absolute atomic E-state index is 0.0832. The third-order valence-electron chi connectivity index (χ3n) is 4.06. The van der Waals surface area contributed by atoms with Crippen molar-refractivity contribution < 1.29 is 4.79 Å². The van der Waals surface area contributed by atoms with Crippen LogP contribution in [-0.2, 0) is 6.54 Å². The van der Waals surface area contributed by atoms with Gasteiger partial charge >= 0.3 is 0 Å². The molecular weight excluding hydrogens is 487 g/mol. The van der Waals surface area contributed by atoms with Gasteiger partial charge in [-0.1, -0.05) is 37.7 Å². The summed E-state index contributed by atoms with van der Waals surface area (Å²) in [5.41, 5.74) is 1.45. The molecule has 0 aliphatic carbocycles. The van der Waals surface area contributed by atoms with E-state index in [1.165, 1.54) is 11.8 Å². The fraction of sp³-hybridized carbons (Fsp3) is 0.368. The van der Waals surface area contributed by atoms with Crippen molar-refractivity contribution in [3.8, 4) is 0 Å². The van der Waals surface area contributed by atoms with Crippen molar-refractivity contribution in [2.75, 3.05) is 24.7 Å². The lowest BCUT2D eigenvalue weighted by atomic mass is 10.2. The number of fused-ring (bicyclic) bond motifs is 1. The number of anilines is 1. The molecule has 1 amide bonds. The number of carbonyl (C=O) groups excluding carboxylic acids is 1. The van der Waals surface area contributed by atoms with E-state index in [1.807, 2.05) is 35.2 Å². The summed E-state index contributed by atoms with van der Waals surface area (Å²) in [5, 5.41) is 12.4. The second-order valence-corrected chi connectivity index (χ2v) is 8.61. The highest BCUT2D eigenvalue weighted by Gasteiger charge is 2.14. The summed E-state index contributed by atoms with van der Waals surface area (Å²) < 4.78 is 2.74. The number of amides is 1. The fourth-order valence-corrected chi connectivity index (χ4v) is 3.63. The van der Waals surface area contributed by atoms with E-state index in [1.54, 1.807) is 6.20 Å². The second-order valence-electron chi connectivity index (χ2n) is 6.67. The van der Waals surface area contributed by atoms with Crippen molar-refractivity contribution in [3.05, 3.63) is 39.6 Å². The Kier molecular flexibility index (Phi) is 7.11. The molecule has 0 saturated heterocycles. The summed E-state index contributed by atoms with van der Waals surface area (Å²) in [5.74, 6) is 1.23. The summed E-state index contributed by atoms with van der Waals surface area (Å²) in [7, 11) is 0. The normalized spacial score (nSPS) is 11.2. The van der Waals surface area contributed by atoms with Gasteiger partial charge < -0.3 is 10.6 Å². The molecule has 0 fully saturated rings. The third kappa shape index (κ3) is 4.93. The third-order valence-corrected chi connectivity index (χ3v) is 5.55. The van der Waals surface area contributed by atoms with Gasteiger partial charge in [0, 0.05) is 16.7 Å². The Hall–Kier alpha value is -1.88. The van der Waals surface area contributed by atoms with E-state index >= 15 is 0 Å². The molecule has 3 aromatic rings. The first kappa shape index (κ1) is 20.8. The van der Waals surface area contributed by atoms with Gasteiger partial charge in [0.15, 0.2) is 10.8 Å². The van der Waals surface area contributed by atoms with Gasteiger partial charge in [-0.25, -0.2) is 14.6 Å². The van der Waals surface area contributed by atoms with Crippen LogP contribution in [0.3, 0.4) is 0 Å². The lowest BCUT2D eigenvalue weighted by molar-refractivity contribution is 0.0951. The largest absolute Gasteiger partial charge is 0.369 e. The Morgan fingerprint density at radius 3 is 2.79 bits per heavy atom. The van der Waals surface area contributed by atoms with E-state index in [4.69, 9.17) is 0 Å². The van der Waals surface area contributed by atoms with Gasteiger partial charge in [0.25, 0.3) is 5.91 Å². The highest BCUT2D eigenvalue weighted by atomic mass is 127. The molecule has 0 aliphatic rings. The number of halogens is 1. The lowest BCUT2D eigenvalue weighted by Crippen LogP contribution is -2.28. The van der Waals surface area contributed by atoms with Gasteiger partial charge in [0.1, 0.15) is 5.82 Å². The maximum absolute atomic E-state index is 12.4. The molecular formula is C19H23IN6OS. The zero-order valence-corrected chi connectivity index (χ0v) is 19.0. The molecule has 2 N–H and O–H groups in total. The monoisotopic (exact) mass is 510 g/mol. The van der Waals surface area contributed by atoms with Gasteiger partial charge in [-0.05, 0) is 46.9 Å². The Morgan fingerprint density at radius 1 is 1.29 bits per heavy atom. The maximum Gasteiger partial charge on any atom is 0.252 e. The fourth-order valence-electron chi connectivity index (χ4n) is 2.64. The zero-order chi connectivity index (χ0) is 20.1. The summed E-state index contributed by atoms with van der Waals surface area (Å²) in [6.45, 7) is 6.14. The predicted octanol–water partition coefficient (Wildman–Crippen LogP) is 3.65. The van der Waals surface area contributed by atoms with Crippen LogP contribution in [0.25, 0.3) is 11.0 Å². The van der Waals surface area contributed by atoms with E-state index in [2.05, 4.69) is 62.1 Å². The molecule has 9 heteroatoms. The minimum Gasteiger partial charge on any atom is -0.369 e. The van der Waals surface area contributed by atoms with Gasteiger partial charge in [0.05, 0.1) is 23.7 Å². The van der Waals surface area contributed by atoms with Crippen LogP contribution < -0.4 is 10.6 Å². The molecule has 1 aromatic carbocycles. The number of hydrogen-bond donors (Lipinski definition) is 2. The van der Waals surface area contributed by atoms with Crippen LogP contribution in [0.4, 0.5) is 5.82 Å². The molecule has 0 aliphatic heterocycles. The van der Waals surface area contributed by atoms with Crippen LogP contribution in [0, 0.1) is 9.49 Å². The molecule has 148 valence electrons. The van der Waals surface area contributed by atoms with Crippen LogP contribution in [0.1, 0.15) is 24.2 Å². The summed E-state index contributed by atoms with van der Waals surface area (Å²) in [6, 6.07) is 7.53. The number of nitrogens with zero attached hydrogens (tertiary/aromatic N) is 4. The molecule has 0 radical (unpaired) electrons. The van der Waals surface area contributed by atoms with Crippen molar-refractivity contribution in [1.29, 1.82) is 0 Å². The first-order valence-electron chi connectivity index (χ1n) is 9.03. The van der Waals surface area contributed by atoms with Crippen LogP contribution in [0.15, 0.2) is 35.6 Å². The standard InChI is InChI=1S/C19H23IN6OS/c1-12(2)10-22-16-14-11-23-26(17(14)25-19(24-16)28-3)9-8-21-18(27)13-6-4-5-7-15(13)20/h4-7,11-12H,8-10H2,1-3H3,(H,21,27)(H,22,24,25). The molecule has 0 unspecified atom stereocenters. The molecule has 2 aromatic heterocycles. The topological polar surface area (TPSA) is 84.7 Å². The number of hydrogen-bond acceptors (Lipinski definition) is 6. The van der Waals surface area contributed by atoms with E-state index in [9.17, 15) is 4.79 Å². The van der Waals surface area contributed by atoms with Crippen molar-refractivity contribution in [2.45, 2.75) is 25.5 Å². The smallest absolute Gasteiger partial charge is 0.252 e. The van der Waals surface area contributed by atoms with Crippen molar-refractivity contribution in [1.82, 2.24) is 25.1 Å². The molecule has 0 spiro atoms. The van der Waals surface area contributed by atoms with Gasteiger partial charge in [-0.15, -0.1) is 0 Å². The molecule has 3 rings (SSSR count). The molecule has 0 atom stereocenters. The zero-order valence-electron chi connectivity index (χ0n) is 16.1. The number of carbonyl (C=O) groups is 1. The van der Waals surface area contributed by atoms with E-state index in [-0.39, 0.29) is 5.91 Å². The highest BCUT2D eigenvalue weighted by molar-refractivity contribution is 14.1. The number of thioether (sulfide) groups is 1. The van der Waals surface area contributed by atoms with Crippen molar-refractivity contribution in [2.24, 2.45) is 5.92 Å². The molecule has 7 nitrogen and oxygen atoms in total. The highest BCUT2D eigenvalue weighted by Crippen LogP contribution is 2.23. The average Bonchev–Trinajstić information content (AvgIpc) is 3.09. The summed E-state index contributed by atoms with van der Waals surface area (Å²) in [6.07, 6.45) is 3.74. The Labute approximate surface area is 182 Å². The van der Waals surface area contributed by atoms with Crippen molar-refractivity contribution >= 4 is 57.1 Å². The molecule has 28 heavy (non-hydrogen) atoms. The SMILES string of the molecule is CSc1nc(NCC(C)C)c2cnn(CCNC(=O)c3ccccc3I)c2n1. The van der Waals surface area contributed by atoms with E-state index in [0.717, 1.165) is 27.0 Å². The summed E-state index contributed by atoms with van der Waals surface area (Å²) >= 11 is 3.67. The summed E-state index contributed by atoms with van der Waals surface area (Å²) in [4.78, 5) is 21.6. The van der Waals surface area contributed by atoms with Gasteiger partial charge in [-0.3, -0.25) is 4.79 Å². The van der Waals surface area contributed by atoms with Crippen LogP contribution in [0.2, 0.25) is 0 Å². The Balaban J connectivity index is 1.73. The first-order valence-corrected chi connectivity index (χ1v) is 11.3. The second kappa shape index (κ2) is 9.55.